The lowest BCUT2D eigenvalue weighted by atomic mass is 10.1. The van der Waals surface area contributed by atoms with Crippen molar-refractivity contribution in [3.05, 3.63) is 44.3 Å². The Morgan fingerprint density at radius 2 is 2.14 bits per heavy atom. The van der Waals surface area contributed by atoms with Crippen molar-refractivity contribution in [2.24, 2.45) is 4.99 Å². The van der Waals surface area contributed by atoms with Gasteiger partial charge in [0, 0.05) is 22.8 Å². The minimum Gasteiger partial charge on any atom is -0.357 e. The standard InChI is InChI=1S/C16H23N3S2/c1-4-17-16(19-10-15-6-5-13(3)21-15)18-9-12(2)14-7-8-20-11-14/h5-8,11-12H,4,9-10H2,1-3H3,(H2,17,18,19). The van der Waals surface area contributed by atoms with E-state index in [2.05, 4.69) is 65.4 Å². The van der Waals surface area contributed by atoms with Crippen molar-refractivity contribution in [2.75, 3.05) is 13.1 Å². The molecule has 0 radical (unpaired) electrons. The maximum atomic E-state index is 4.66. The molecule has 3 nitrogen and oxygen atoms in total. The second-order valence-electron chi connectivity index (χ2n) is 5.05. The first-order chi connectivity index (χ1) is 10.2. The molecule has 0 aliphatic rings. The Balaban J connectivity index is 1.89. The molecule has 2 rings (SSSR count). The summed E-state index contributed by atoms with van der Waals surface area (Å²) in [5.41, 5.74) is 1.39. The largest absolute Gasteiger partial charge is 0.357 e. The second-order valence-corrected chi connectivity index (χ2v) is 7.20. The molecule has 0 amide bonds. The number of aryl methyl sites for hydroxylation is 1. The van der Waals surface area contributed by atoms with Gasteiger partial charge in [0.2, 0.25) is 0 Å². The molecule has 1 atom stereocenters. The third-order valence-corrected chi connectivity index (χ3v) is 4.91. The number of aliphatic imine (C=N–C) groups is 1. The van der Waals surface area contributed by atoms with Gasteiger partial charge in [-0.15, -0.1) is 11.3 Å². The lowest BCUT2D eigenvalue weighted by Gasteiger charge is -2.15. The molecule has 0 spiro atoms. The fraction of sp³-hybridized carbons (Fsp3) is 0.438. The Kier molecular flexibility index (Phi) is 6.26. The predicted octanol–water partition coefficient (Wildman–Crippen LogP) is 3.98. The molecule has 21 heavy (non-hydrogen) atoms. The molecule has 2 N–H and O–H groups in total. The third kappa shape index (κ3) is 5.17. The van der Waals surface area contributed by atoms with Crippen LogP contribution in [0, 0.1) is 6.92 Å². The molecule has 2 aromatic rings. The van der Waals surface area contributed by atoms with E-state index in [0.29, 0.717) is 5.92 Å². The minimum atomic E-state index is 0.490. The first-order valence-electron chi connectivity index (χ1n) is 7.28. The van der Waals surface area contributed by atoms with Gasteiger partial charge in [-0.1, -0.05) is 6.92 Å². The van der Waals surface area contributed by atoms with Crippen molar-refractivity contribution in [3.63, 3.8) is 0 Å². The molecule has 114 valence electrons. The van der Waals surface area contributed by atoms with Crippen LogP contribution in [0.25, 0.3) is 0 Å². The summed E-state index contributed by atoms with van der Waals surface area (Å²) in [5.74, 6) is 1.38. The number of rotatable bonds is 6. The Hall–Kier alpha value is -1.33. The zero-order valence-electron chi connectivity index (χ0n) is 12.8. The van der Waals surface area contributed by atoms with E-state index in [-0.39, 0.29) is 0 Å². The molecular formula is C16H23N3S2. The molecule has 0 aromatic carbocycles. The zero-order chi connectivity index (χ0) is 15.1. The first kappa shape index (κ1) is 16.0. The van der Waals surface area contributed by atoms with E-state index in [1.807, 2.05) is 11.3 Å². The van der Waals surface area contributed by atoms with Crippen LogP contribution in [-0.2, 0) is 6.54 Å². The van der Waals surface area contributed by atoms with E-state index in [4.69, 9.17) is 0 Å². The number of guanidine groups is 1. The van der Waals surface area contributed by atoms with E-state index < -0.39 is 0 Å². The van der Waals surface area contributed by atoms with Gasteiger partial charge >= 0.3 is 0 Å². The quantitative estimate of drug-likeness (QED) is 0.624. The van der Waals surface area contributed by atoms with Gasteiger partial charge in [-0.05, 0) is 54.3 Å². The molecule has 2 heterocycles. The van der Waals surface area contributed by atoms with Gasteiger partial charge in [0.25, 0.3) is 0 Å². The van der Waals surface area contributed by atoms with Crippen LogP contribution in [0.2, 0.25) is 0 Å². The van der Waals surface area contributed by atoms with Crippen LogP contribution in [0.15, 0.2) is 34.0 Å². The highest BCUT2D eigenvalue weighted by atomic mass is 32.1. The van der Waals surface area contributed by atoms with Gasteiger partial charge in [0.1, 0.15) is 0 Å². The van der Waals surface area contributed by atoms with E-state index in [1.54, 1.807) is 11.3 Å². The van der Waals surface area contributed by atoms with Crippen molar-refractivity contribution in [1.29, 1.82) is 0 Å². The zero-order valence-corrected chi connectivity index (χ0v) is 14.5. The molecule has 0 fully saturated rings. The van der Waals surface area contributed by atoms with Gasteiger partial charge in [0.15, 0.2) is 5.96 Å². The van der Waals surface area contributed by atoms with E-state index in [1.165, 1.54) is 15.3 Å². The van der Waals surface area contributed by atoms with E-state index >= 15 is 0 Å². The van der Waals surface area contributed by atoms with Crippen LogP contribution in [0.3, 0.4) is 0 Å². The monoisotopic (exact) mass is 321 g/mol. The number of nitrogens with zero attached hydrogens (tertiary/aromatic N) is 1. The van der Waals surface area contributed by atoms with Crippen molar-refractivity contribution >= 4 is 28.6 Å². The van der Waals surface area contributed by atoms with Crippen molar-refractivity contribution in [1.82, 2.24) is 10.6 Å². The number of thiophene rings is 2. The summed E-state index contributed by atoms with van der Waals surface area (Å²) < 4.78 is 0. The maximum Gasteiger partial charge on any atom is 0.191 e. The molecule has 2 aromatic heterocycles. The topological polar surface area (TPSA) is 36.4 Å². The Morgan fingerprint density at radius 1 is 1.29 bits per heavy atom. The van der Waals surface area contributed by atoms with Crippen molar-refractivity contribution in [3.8, 4) is 0 Å². The van der Waals surface area contributed by atoms with Crippen molar-refractivity contribution < 1.29 is 0 Å². The van der Waals surface area contributed by atoms with Gasteiger partial charge in [-0.25, -0.2) is 4.99 Å². The Labute approximate surface area is 135 Å². The van der Waals surface area contributed by atoms with Gasteiger partial charge in [0.05, 0.1) is 6.54 Å². The average Bonchev–Trinajstić information content (AvgIpc) is 3.13. The van der Waals surface area contributed by atoms with Crippen LogP contribution in [-0.4, -0.2) is 19.0 Å². The fourth-order valence-corrected chi connectivity index (χ4v) is 3.59. The molecule has 1 unspecified atom stereocenters. The first-order valence-corrected chi connectivity index (χ1v) is 9.04. The smallest absolute Gasteiger partial charge is 0.191 e. The second kappa shape index (κ2) is 8.20. The summed E-state index contributed by atoms with van der Waals surface area (Å²) >= 11 is 3.56. The van der Waals surface area contributed by atoms with Crippen LogP contribution in [0.4, 0.5) is 0 Å². The molecule has 0 saturated heterocycles. The SMILES string of the molecule is CCNC(=NCc1ccc(C)s1)NCC(C)c1ccsc1. The average molecular weight is 322 g/mol. The molecule has 0 saturated carbocycles. The Bertz CT molecular complexity index is 558. The summed E-state index contributed by atoms with van der Waals surface area (Å²) in [5, 5.41) is 11.1. The normalized spacial score (nSPS) is 13.2. The highest BCUT2D eigenvalue weighted by Gasteiger charge is 2.07. The molecule has 5 heteroatoms. The maximum absolute atomic E-state index is 4.66. The number of hydrogen-bond acceptors (Lipinski definition) is 3. The van der Waals surface area contributed by atoms with Gasteiger partial charge < -0.3 is 10.6 Å². The summed E-state index contributed by atoms with van der Waals surface area (Å²) in [6, 6.07) is 6.49. The van der Waals surface area contributed by atoms with Crippen LogP contribution >= 0.6 is 22.7 Å². The lowest BCUT2D eigenvalue weighted by molar-refractivity contribution is 0.702. The van der Waals surface area contributed by atoms with E-state index in [0.717, 1.165) is 25.6 Å². The molecule has 0 bridgehead atoms. The fourth-order valence-electron chi connectivity index (χ4n) is 1.99. The number of nitrogens with one attached hydrogen (secondary N) is 2. The van der Waals surface area contributed by atoms with E-state index in [9.17, 15) is 0 Å². The van der Waals surface area contributed by atoms with Crippen LogP contribution in [0.1, 0.15) is 35.1 Å². The van der Waals surface area contributed by atoms with Gasteiger partial charge in [-0.3, -0.25) is 0 Å². The predicted molar refractivity (Wildman–Crippen MR) is 94.6 cm³/mol. The summed E-state index contributed by atoms with van der Waals surface area (Å²) in [6.45, 7) is 8.97. The summed E-state index contributed by atoms with van der Waals surface area (Å²) in [6.07, 6.45) is 0. The minimum absolute atomic E-state index is 0.490. The molecule has 0 aliphatic heterocycles. The van der Waals surface area contributed by atoms with Crippen LogP contribution in [0.5, 0.6) is 0 Å². The summed E-state index contributed by atoms with van der Waals surface area (Å²) in [7, 11) is 0. The number of hydrogen-bond donors (Lipinski definition) is 2. The summed E-state index contributed by atoms with van der Waals surface area (Å²) in [4.78, 5) is 7.30. The third-order valence-electron chi connectivity index (χ3n) is 3.22. The van der Waals surface area contributed by atoms with Crippen molar-refractivity contribution in [2.45, 2.75) is 33.2 Å². The highest BCUT2D eigenvalue weighted by molar-refractivity contribution is 7.11. The highest BCUT2D eigenvalue weighted by Crippen LogP contribution is 2.17. The Morgan fingerprint density at radius 3 is 2.76 bits per heavy atom. The van der Waals surface area contributed by atoms with Gasteiger partial charge in [-0.2, -0.15) is 11.3 Å². The van der Waals surface area contributed by atoms with Crippen LogP contribution < -0.4 is 10.6 Å². The molecular weight excluding hydrogens is 298 g/mol. The molecule has 0 aliphatic carbocycles. The lowest BCUT2D eigenvalue weighted by Crippen LogP contribution is -2.39.